The molecule has 5 nitrogen and oxygen atoms in total. The Morgan fingerprint density at radius 1 is 1.33 bits per heavy atom. The molecule has 1 amide bonds. The van der Waals surface area contributed by atoms with Crippen molar-refractivity contribution in [2.24, 2.45) is 0 Å². The van der Waals surface area contributed by atoms with Crippen LogP contribution in [0.25, 0.3) is 0 Å². The van der Waals surface area contributed by atoms with Crippen LogP contribution in [0.2, 0.25) is 0 Å². The third-order valence-electron chi connectivity index (χ3n) is 4.43. The number of amides is 1. The molecule has 1 aliphatic rings. The summed E-state index contributed by atoms with van der Waals surface area (Å²) in [5, 5.41) is 3.37. The second kappa shape index (κ2) is 7.93. The summed E-state index contributed by atoms with van der Waals surface area (Å²) in [7, 11) is 1.66. The lowest BCUT2D eigenvalue weighted by Crippen LogP contribution is -2.48. The lowest BCUT2D eigenvalue weighted by atomic mass is 10.0. The maximum absolute atomic E-state index is 12.8. The topological polar surface area (TPSA) is 54.5 Å². The number of para-hydroxylation sites is 1. The maximum Gasteiger partial charge on any atom is 0.223 e. The molecule has 1 fully saturated rings. The molecule has 0 saturated carbocycles. The van der Waals surface area contributed by atoms with Crippen LogP contribution in [0, 0.1) is 0 Å². The molecule has 126 valence electrons. The summed E-state index contributed by atoms with van der Waals surface area (Å²) in [6.45, 7) is 2.33. The second-order valence-electron chi connectivity index (χ2n) is 5.91. The number of pyridine rings is 1. The third-order valence-corrected chi connectivity index (χ3v) is 4.43. The highest BCUT2D eigenvalue weighted by Gasteiger charge is 2.27. The lowest BCUT2D eigenvalue weighted by molar-refractivity contribution is -0.134. The van der Waals surface area contributed by atoms with Gasteiger partial charge < -0.3 is 15.0 Å². The van der Waals surface area contributed by atoms with E-state index in [9.17, 15) is 4.79 Å². The Labute approximate surface area is 142 Å². The maximum atomic E-state index is 12.8. The van der Waals surface area contributed by atoms with Gasteiger partial charge in [-0.2, -0.15) is 0 Å². The first kappa shape index (κ1) is 16.5. The summed E-state index contributed by atoms with van der Waals surface area (Å²) in [6, 6.07) is 11.9. The summed E-state index contributed by atoms with van der Waals surface area (Å²) >= 11 is 0. The number of piperazine rings is 1. The first-order valence-electron chi connectivity index (χ1n) is 8.31. The molecule has 1 atom stereocenters. The highest BCUT2D eigenvalue weighted by Crippen LogP contribution is 2.24. The summed E-state index contributed by atoms with van der Waals surface area (Å²) in [4.78, 5) is 19.0. The molecule has 5 heteroatoms. The molecule has 2 aromatic rings. The fourth-order valence-corrected chi connectivity index (χ4v) is 3.17. The number of carbonyl (C=O) groups excluding carboxylic acids is 1. The van der Waals surface area contributed by atoms with E-state index in [0.29, 0.717) is 12.8 Å². The zero-order valence-corrected chi connectivity index (χ0v) is 13.9. The van der Waals surface area contributed by atoms with E-state index in [1.807, 2.05) is 47.5 Å². The van der Waals surface area contributed by atoms with Crippen molar-refractivity contribution < 1.29 is 9.53 Å². The van der Waals surface area contributed by atoms with E-state index in [4.69, 9.17) is 4.74 Å². The lowest BCUT2D eigenvalue weighted by Gasteiger charge is -2.36. The van der Waals surface area contributed by atoms with Crippen molar-refractivity contribution in [3.63, 3.8) is 0 Å². The summed E-state index contributed by atoms with van der Waals surface area (Å²) < 4.78 is 5.37. The number of hydrogen-bond donors (Lipinski definition) is 1. The van der Waals surface area contributed by atoms with E-state index in [1.54, 1.807) is 13.3 Å². The molecule has 0 aliphatic carbocycles. The molecule has 1 N–H and O–H groups in total. The molecular formula is C19H23N3O2. The van der Waals surface area contributed by atoms with Gasteiger partial charge in [0.05, 0.1) is 13.2 Å². The Bertz CT molecular complexity index is 675. The van der Waals surface area contributed by atoms with Gasteiger partial charge >= 0.3 is 0 Å². The monoisotopic (exact) mass is 325 g/mol. The highest BCUT2D eigenvalue weighted by molar-refractivity contribution is 5.77. The number of aryl methyl sites for hydroxylation is 1. The number of aromatic nitrogens is 1. The molecule has 0 bridgehead atoms. The van der Waals surface area contributed by atoms with Gasteiger partial charge in [-0.05, 0) is 29.7 Å². The predicted octanol–water partition coefficient (Wildman–Crippen LogP) is 2.20. The Morgan fingerprint density at radius 2 is 2.21 bits per heavy atom. The summed E-state index contributed by atoms with van der Waals surface area (Å²) in [5.41, 5.74) is 2.15. The van der Waals surface area contributed by atoms with Gasteiger partial charge in [0.2, 0.25) is 5.91 Å². The largest absolute Gasteiger partial charge is 0.496 e. The van der Waals surface area contributed by atoms with Gasteiger partial charge in [-0.1, -0.05) is 24.3 Å². The van der Waals surface area contributed by atoms with Crippen molar-refractivity contribution in [1.29, 1.82) is 0 Å². The van der Waals surface area contributed by atoms with Crippen LogP contribution in [0.4, 0.5) is 0 Å². The van der Waals surface area contributed by atoms with Crippen LogP contribution >= 0.6 is 0 Å². The van der Waals surface area contributed by atoms with E-state index in [0.717, 1.165) is 36.5 Å². The zero-order valence-electron chi connectivity index (χ0n) is 13.9. The number of nitrogens with one attached hydrogen (secondary N) is 1. The fraction of sp³-hybridized carbons (Fsp3) is 0.368. The molecule has 2 heterocycles. The van der Waals surface area contributed by atoms with Crippen LogP contribution in [-0.4, -0.2) is 42.5 Å². The number of rotatable bonds is 5. The van der Waals surface area contributed by atoms with Gasteiger partial charge in [-0.25, -0.2) is 0 Å². The van der Waals surface area contributed by atoms with Crippen LogP contribution < -0.4 is 10.1 Å². The number of hydrogen-bond acceptors (Lipinski definition) is 4. The molecule has 1 aliphatic heterocycles. The van der Waals surface area contributed by atoms with Crippen LogP contribution in [0.15, 0.2) is 48.8 Å². The molecule has 1 aromatic carbocycles. The number of ether oxygens (including phenoxy) is 1. The summed E-state index contributed by atoms with van der Waals surface area (Å²) in [5.74, 6) is 1.02. The summed E-state index contributed by atoms with van der Waals surface area (Å²) in [6.07, 6.45) is 4.77. The second-order valence-corrected chi connectivity index (χ2v) is 5.91. The molecule has 1 unspecified atom stereocenters. The molecule has 3 rings (SSSR count). The van der Waals surface area contributed by atoms with Crippen LogP contribution in [0.3, 0.4) is 0 Å². The first-order valence-corrected chi connectivity index (χ1v) is 8.31. The van der Waals surface area contributed by atoms with Crippen molar-refractivity contribution in [1.82, 2.24) is 15.2 Å². The van der Waals surface area contributed by atoms with E-state index < -0.39 is 0 Å². The molecule has 24 heavy (non-hydrogen) atoms. The van der Waals surface area contributed by atoms with E-state index in [-0.39, 0.29) is 11.9 Å². The minimum Gasteiger partial charge on any atom is -0.496 e. The fourth-order valence-electron chi connectivity index (χ4n) is 3.17. The van der Waals surface area contributed by atoms with Crippen molar-refractivity contribution in [2.45, 2.75) is 18.9 Å². The average Bonchev–Trinajstić information content (AvgIpc) is 2.67. The van der Waals surface area contributed by atoms with Gasteiger partial charge in [0.15, 0.2) is 0 Å². The van der Waals surface area contributed by atoms with E-state index in [2.05, 4.69) is 10.3 Å². The van der Waals surface area contributed by atoms with Crippen molar-refractivity contribution in [3.05, 3.63) is 59.9 Å². The number of nitrogens with zero attached hydrogens (tertiary/aromatic N) is 2. The molecular weight excluding hydrogens is 302 g/mol. The van der Waals surface area contributed by atoms with Crippen molar-refractivity contribution in [3.8, 4) is 5.75 Å². The predicted molar refractivity (Wildman–Crippen MR) is 92.9 cm³/mol. The zero-order chi connectivity index (χ0) is 16.8. The van der Waals surface area contributed by atoms with Crippen LogP contribution in [-0.2, 0) is 11.2 Å². The van der Waals surface area contributed by atoms with Crippen molar-refractivity contribution >= 4 is 5.91 Å². The number of carbonyl (C=O) groups is 1. The van der Waals surface area contributed by atoms with Crippen LogP contribution in [0.1, 0.15) is 23.6 Å². The normalized spacial score (nSPS) is 17.5. The first-order chi connectivity index (χ1) is 11.8. The third kappa shape index (κ3) is 3.74. The average molecular weight is 325 g/mol. The smallest absolute Gasteiger partial charge is 0.223 e. The minimum absolute atomic E-state index is 0.0534. The van der Waals surface area contributed by atoms with Crippen molar-refractivity contribution in [2.75, 3.05) is 26.7 Å². The van der Waals surface area contributed by atoms with Gasteiger partial charge in [0, 0.05) is 38.4 Å². The van der Waals surface area contributed by atoms with Gasteiger partial charge in [-0.15, -0.1) is 0 Å². The molecule has 0 radical (unpaired) electrons. The van der Waals surface area contributed by atoms with E-state index in [1.165, 1.54) is 0 Å². The molecule has 0 spiro atoms. The Kier molecular flexibility index (Phi) is 5.43. The SMILES string of the molecule is COc1ccccc1CCC(=O)N1CCNCC1c1cccnc1. The Morgan fingerprint density at radius 3 is 3.00 bits per heavy atom. The Hall–Kier alpha value is -2.40. The minimum atomic E-state index is 0.0534. The van der Waals surface area contributed by atoms with Gasteiger partial charge in [0.25, 0.3) is 0 Å². The Balaban J connectivity index is 1.68. The quantitative estimate of drug-likeness (QED) is 0.916. The van der Waals surface area contributed by atoms with Crippen LogP contribution in [0.5, 0.6) is 5.75 Å². The number of methoxy groups -OCH3 is 1. The highest BCUT2D eigenvalue weighted by atomic mass is 16.5. The van der Waals surface area contributed by atoms with Gasteiger partial charge in [0.1, 0.15) is 5.75 Å². The molecule has 1 saturated heterocycles. The standard InChI is InChI=1S/C19H23N3O2/c1-24-18-7-3-2-5-15(18)8-9-19(23)22-12-11-21-14-17(22)16-6-4-10-20-13-16/h2-7,10,13,17,21H,8-9,11-12,14H2,1H3. The molecule has 1 aromatic heterocycles. The van der Waals surface area contributed by atoms with Gasteiger partial charge in [-0.3, -0.25) is 9.78 Å². The number of benzene rings is 1. The van der Waals surface area contributed by atoms with E-state index >= 15 is 0 Å².